The Morgan fingerprint density at radius 3 is 2.16 bits per heavy atom. The molecule has 0 bridgehead atoms. The summed E-state index contributed by atoms with van der Waals surface area (Å²) < 4.78 is 12.5. The number of hydrogen-bond acceptors (Lipinski definition) is 5. The molecule has 2 atom stereocenters. The summed E-state index contributed by atoms with van der Waals surface area (Å²) in [5, 5.41) is 5.09. The van der Waals surface area contributed by atoms with Crippen molar-refractivity contribution in [2.24, 2.45) is 0 Å². The van der Waals surface area contributed by atoms with Gasteiger partial charge in [-0.3, -0.25) is 9.59 Å². The number of amides is 2. The van der Waals surface area contributed by atoms with Crippen molar-refractivity contribution in [3.63, 3.8) is 0 Å². The van der Waals surface area contributed by atoms with Gasteiger partial charge in [-0.2, -0.15) is 0 Å². The number of hydrazone groups is 1. The van der Waals surface area contributed by atoms with E-state index in [0.717, 1.165) is 16.9 Å². The Morgan fingerprint density at radius 2 is 1.51 bits per heavy atom. The lowest BCUT2D eigenvalue weighted by atomic mass is 10.1. The number of likely N-dealkylation sites (N-methyl/N-ethyl adjacent to an activating group) is 1. The molecule has 1 fully saturated rings. The average molecular weight is 498 g/mol. The molecule has 0 radical (unpaired) electrons. The van der Waals surface area contributed by atoms with Crippen LogP contribution < -0.4 is 14.5 Å². The monoisotopic (exact) mass is 497 g/mol. The van der Waals surface area contributed by atoms with Crippen molar-refractivity contribution in [1.29, 1.82) is 0 Å². The maximum absolute atomic E-state index is 13.9. The maximum Gasteiger partial charge on any atom is 0.315 e. The molecule has 1 saturated heterocycles. The van der Waals surface area contributed by atoms with Crippen LogP contribution in [0.15, 0.2) is 84.4 Å². The Morgan fingerprint density at radius 1 is 0.865 bits per heavy atom. The Kier molecular flexibility index (Phi) is 6.50. The largest absolute Gasteiger partial charge is 0.493 e. The van der Waals surface area contributed by atoms with E-state index in [-0.39, 0.29) is 17.9 Å². The molecule has 2 heterocycles. The minimum atomic E-state index is -0.731. The van der Waals surface area contributed by atoms with Crippen LogP contribution in [0.1, 0.15) is 12.5 Å². The molecule has 0 aromatic heterocycles. The van der Waals surface area contributed by atoms with Gasteiger partial charge >= 0.3 is 5.91 Å². The highest BCUT2D eigenvalue weighted by molar-refractivity contribution is 6.18. The van der Waals surface area contributed by atoms with Crippen LogP contribution in [0.25, 0.3) is 6.08 Å². The molecule has 2 amide bonds. The molecule has 0 saturated carbocycles. The number of anilines is 1. The van der Waals surface area contributed by atoms with Gasteiger partial charge in [0.25, 0.3) is 5.91 Å². The SMILES string of the molecule is COc1ccc(/C=C2\C=[N+](c3ccccc3)N(C3C(=O)N(c4ccccc4)N(C)C3C)C2=O)cc1OC. The van der Waals surface area contributed by atoms with E-state index in [0.29, 0.717) is 17.1 Å². The molecule has 3 aromatic carbocycles. The summed E-state index contributed by atoms with van der Waals surface area (Å²) in [5.41, 5.74) is 2.78. The normalized spacial score (nSPS) is 21.1. The smallest absolute Gasteiger partial charge is 0.315 e. The Labute approximate surface area is 216 Å². The number of ether oxygens (including phenoxy) is 2. The number of hydrogen-bond donors (Lipinski definition) is 0. The van der Waals surface area contributed by atoms with E-state index in [9.17, 15) is 9.59 Å². The van der Waals surface area contributed by atoms with E-state index in [2.05, 4.69) is 0 Å². The number of hydrazine groups is 2. The van der Waals surface area contributed by atoms with Crippen molar-refractivity contribution in [1.82, 2.24) is 10.0 Å². The number of benzene rings is 3. The van der Waals surface area contributed by atoms with Gasteiger partial charge < -0.3 is 9.47 Å². The first-order chi connectivity index (χ1) is 17.9. The van der Waals surface area contributed by atoms with Crippen molar-refractivity contribution in [3.8, 4) is 11.5 Å². The average Bonchev–Trinajstić information content (AvgIpc) is 3.36. The number of carbonyl (C=O) groups excluding carboxylic acids is 2. The highest BCUT2D eigenvalue weighted by Gasteiger charge is 2.55. The lowest BCUT2D eigenvalue weighted by Crippen LogP contribution is -2.50. The Balaban J connectivity index is 1.57. The molecule has 188 valence electrons. The molecule has 8 heteroatoms. The zero-order valence-electron chi connectivity index (χ0n) is 21.2. The summed E-state index contributed by atoms with van der Waals surface area (Å²) in [5.74, 6) is 0.746. The molecule has 2 aliphatic rings. The van der Waals surface area contributed by atoms with Gasteiger partial charge in [0.15, 0.2) is 17.5 Å². The molecule has 5 rings (SSSR count). The molecule has 2 aliphatic heterocycles. The van der Waals surface area contributed by atoms with Gasteiger partial charge in [0.05, 0.1) is 25.9 Å². The fraction of sp³-hybridized carbons (Fsp3) is 0.207. The summed E-state index contributed by atoms with van der Waals surface area (Å²) in [6.07, 6.45) is 3.57. The zero-order chi connectivity index (χ0) is 26.1. The third-order valence-electron chi connectivity index (χ3n) is 6.79. The van der Waals surface area contributed by atoms with Crippen LogP contribution in [-0.4, -0.2) is 66.1 Å². The lowest BCUT2D eigenvalue weighted by molar-refractivity contribution is -0.598. The number of nitrogens with zero attached hydrogens (tertiary/aromatic N) is 4. The van der Waals surface area contributed by atoms with E-state index < -0.39 is 6.04 Å². The summed E-state index contributed by atoms with van der Waals surface area (Å²) in [6, 6.07) is 23.5. The van der Waals surface area contributed by atoms with Gasteiger partial charge in [0, 0.05) is 19.2 Å². The molecule has 0 spiro atoms. The van der Waals surface area contributed by atoms with Crippen LogP contribution in [0.2, 0.25) is 0 Å². The second-order valence-electron chi connectivity index (χ2n) is 8.92. The second kappa shape index (κ2) is 9.91. The van der Waals surface area contributed by atoms with E-state index >= 15 is 0 Å². The highest BCUT2D eigenvalue weighted by Crippen LogP contribution is 2.34. The number of rotatable bonds is 6. The van der Waals surface area contributed by atoms with Crippen LogP contribution in [0, 0.1) is 0 Å². The van der Waals surface area contributed by atoms with Crippen LogP contribution >= 0.6 is 0 Å². The predicted octanol–water partition coefficient (Wildman–Crippen LogP) is 3.91. The van der Waals surface area contributed by atoms with Crippen molar-refractivity contribution in [2.75, 3.05) is 26.3 Å². The van der Waals surface area contributed by atoms with Crippen molar-refractivity contribution >= 4 is 35.5 Å². The third-order valence-corrected chi connectivity index (χ3v) is 6.79. The van der Waals surface area contributed by atoms with Gasteiger partial charge in [-0.25, -0.2) is 10.0 Å². The first-order valence-electron chi connectivity index (χ1n) is 12.0. The Hall–Kier alpha value is -4.43. The standard InChI is InChI=1S/C29H29N4O4/c1-20-27(29(35)32(30(20)2)24-13-9-6-10-14-24)33-28(34)22(19-31(33)23-11-7-5-8-12-23)17-21-15-16-25(36-3)26(18-21)37-4/h5-20,27H,1-4H3/q+1/b22-17+. The number of methoxy groups -OCH3 is 2. The van der Waals surface area contributed by atoms with Gasteiger partial charge in [-0.1, -0.05) is 52.2 Å². The molecule has 0 aliphatic carbocycles. The van der Waals surface area contributed by atoms with E-state index in [1.807, 2.05) is 91.8 Å². The topological polar surface area (TPSA) is 65.3 Å². The first-order valence-corrected chi connectivity index (χ1v) is 12.0. The zero-order valence-corrected chi connectivity index (χ0v) is 21.2. The summed E-state index contributed by atoms with van der Waals surface area (Å²) in [6.45, 7) is 1.96. The molecule has 2 unspecified atom stereocenters. The van der Waals surface area contributed by atoms with Crippen molar-refractivity contribution in [2.45, 2.75) is 19.0 Å². The number of carbonyl (C=O) groups is 2. The van der Waals surface area contributed by atoms with E-state index in [4.69, 9.17) is 9.47 Å². The predicted molar refractivity (Wildman–Crippen MR) is 142 cm³/mol. The molecule has 8 nitrogen and oxygen atoms in total. The van der Waals surface area contributed by atoms with E-state index in [1.165, 1.54) is 0 Å². The summed E-state index contributed by atoms with van der Waals surface area (Å²) in [4.78, 5) is 27.8. The second-order valence-corrected chi connectivity index (χ2v) is 8.92. The van der Waals surface area contributed by atoms with Crippen molar-refractivity contribution in [3.05, 3.63) is 90.0 Å². The van der Waals surface area contributed by atoms with Crippen LogP contribution in [0.4, 0.5) is 11.4 Å². The van der Waals surface area contributed by atoms with Gasteiger partial charge in [0.1, 0.15) is 5.57 Å². The highest BCUT2D eigenvalue weighted by atomic mass is 16.5. The fourth-order valence-electron chi connectivity index (χ4n) is 4.80. The fourth-order valence-corrected chi connectivity index (χ4v) is 4.80. The van der Waals surface area contributed by atoms with Crippen LogP contribution in [-0.2, 0) is 9.59 Å². The van der Waals surface area contributed by atoms with Gasteiger partial charge in [-0.15, -0.1) is 0 Å². The van der Waals surface area contributed by atoms with Crippen LogP contribution in [0.5, 0.6) is 11.5 Å². The Bertz CT molecular complexity index is 1390. The summed E-state index contributed by atoms with van der Waals surface area (Å²) in [7, 11) is 5.02. The first kappa shape index (κ1) is 24.3. The summed E-state index contributed by atoms with van der Waals surface area (Å²) >= 11 is 0. The minimum Gasteiger partial charge on any atom is -0.493 e. The maximum atomic E-state index is 13.9. The number of para-hydroxylation sites is 2. The van der Waals surface area contributed by atoms with Crippen LogP contribution in [0.3, 0.4) is 0 Å². The lowest BCUT2D eigenvalue weighted by Gasteiger charge is -2.26. The third kappa shape index (κ3) is 4.25. The minimum absolute atomic E-state index is 0.170. The van der Waals surface area contributed by atoms with Crippen molar-refractivity contribution < 1.29 is 23.7 Å². The molecular formula is C29H29N4O4+. The molecule has 37 heavy (non-hydrogen) atoms. The van der Waals surface area contributed by atoms with Gasteiger partial charge in [-0.05, 0) is 42.8 Å². The van der Waals surface area contributed by atoms with E-state index in [1.54, 1.807) is 47.3 Å². The molecule has 0 N–H and O–H groups in total. The molecule has 3 aromatic rings. The van der Waals surface area contributed by atoms with Gasteiger partial charge in [0.2, 0.25) is 11.9 Å². The quantitative estimate of drug-likeness (QED) is 0.382. The molecular weight excluding hydrogens is 468 g/mol.